The van der Waals surface area contributed by atoms with Gasteiger partial charge in [0.15, 0.2) is 0 Å². The zero-order chi connectivity index (χ0) is 24.1. The summed E-state index contributed by atoms with van der Waals surface area (Å²) in [5.41, 5.74) is 4.61. The fourth-order valence-corrected chi connectivity index (χ4v) is 5.19. The molecular formula is C27H32N2O5. The van der Waals surface area contributed by atoms with Gasteiger partial charge in [0.2, 0.25) is 5.91 Å². The van der Waals surface area contributed by atoms with Gasteiger partial charge in [-0.25, -0.2) is 4.79 Å². The second-order valence-electron chi connectivity index (χ2n) is 9.18. The molecule has 2 aromatic carbocycles. The number of rotatable bonds is 8. The lowest BCUT2D eigenvalue weighted by Crippen LogP contribution is -2.47. The van der Waals surface area contributed by atoms with Crippen LogP contribution in [0.1, 0.15) is 62.5 Å². The van der Waals surface area contributed by atoms with Crippen molar-refractivity contribution >= 4 is 18.0 Å². The number of alkyl carbamates (subject to hydrolysis) is 1. The quantitative estimate of drug-likeness (QED) is 0.535. The van der Waals surface area contributed by atoms with Crippen LogP contribution in [0.5, 0.6) is 0 Å². The number of nitrogens with one attached hydrogen (secondary N) is 2. The summed E-state index contributed by atoms with van der Waals surface area (Å²) in [6.07, 6.45) is 3.11. The minimum atomic E-state index is -0.867. The number of hydrogen-bond donors (Lipinski definition) is 3. The highest BCUT2D eigenvalue weighted by atomic mass is 16.5. The molecule has 0 aliphatic heterocycles. The topological polar surface area (TPSA) is 105 Å². The first-order valence-electron chi connectivity index (χ1n) is 12.1. The van der Waals surface area contributed by atoms with Gasteiger partial charge in [0.25, 0.3) is 0 Å². The lowest BCUT2D eigenvalue weighted by atomic mass is 9.84. The maximum Gasteiger partial charge on any atom is 0.407 e. The molecule has 2 aliphatic rings. The van der Waals surface area contributed by atoms with E-state index in [2.05, 4.69) is 34.9 Å². The van der Waals surface area contributed by atoms with E-state index < -0.39 is 18.0 Å². The first-order valence-corrected chi connectivity index (χ1v) is 12.1. The Labute approximate surface area is 199 Å². The SMILES string of the molecule is CC[C@H](CC(=O)N[C@@H]1CCCC[C@@H]1C(=O)O)NC(=O)OCC1c2ccccc2-c2ccccc21. The van der Waals surface area contributed by atoms with E-state index in [1.807, 2.05) is 31.2 Å². The predicted octanol–water partition coefficient (Wildman–Crippen LogP) is 4.45. The van der Waals surface area contributed by atoms with E-state index in [0.717, 1.165) is 35.1 Å². The van der Waals surface area contributed by atoms with Crippen LogP contribution in [0.15, 0.2) is 48.5 Å². The van der Waals surface area contributed by atoms with E-state index in [-0.39, 0.29) is 36.9 Å². The van der Waals surface area contributed by atoms with Crippen molar-refractivity contribution in [2.45, 2.75) is 63.5 Å². The van der Waals surface area contributed by atoms with Gasteiger partial charge in [0.05, 0.1) is 5.92 Å². The van der Waals surface area contributed by atoms with Crippen molar-refractivity contribution in [1.82, 2.24) is 10.6 Å². The third kappa shape index (κ3) is 5.24. The van der Waals surface area contributed by atoms with Crippen molar-refractivity contribution in [3.05, 3.63) is 59.7 Å². The van der Waals surface area contributed by atoms with Crippen LogP contribution in [0.4, 0.5) is 4.79 Å². The Morgan fingerprint density at radius 3 is 2.24 bits per heavy atom. The second kappa shape index (κ2) is 10.7. The van der Waals surface area contributed by atoms with Gasteiger partial charge in [-0.15, -0.1) is 0 Å². The van der Waals surface area contributed by atoms with Gasteiger partial charge in [-0.2, -0.15) is 0 Å². The molecule has 0 radical (unpaired) electrons. The smallest absolute Gasteiger partial charge is 0.407 e. The van der Waals surface area contributed by atoms with Gasteiger partial charge in [-0.1, -0.05) is 68.3 Å². The molecule has 7 nitrogen and oxygen atoms in total. The fraction of sp³-hybridized carbons (Fsp3) is 0.444. The minimum Gasteiger partial charge on any atom is -0.481 e. The van der Waals surface area contributed by atoms with Gasteiger partial charge in [0.1, 0.15) is 6.61 Å². The summed E-state index contributed by atoms with van der Waals surface area (Å²) in [4.78, 5) is 36.6. The lowest BCUT2D eigenvalue weighted by Gasteiger charge is -2.29. The van der Waals surface area contributed by atoms with Crippen molar-refractivity contribution in [2.24, 2.45) is 5.92 Å². The number of hydrogen-bond acceptors (Lipinski definition) is 4. The Morgan fingerprint density at radius 2 is 1.62 bits per heavy atom. The molecule has 4 rings (SSSR count). The maximum absolute atomic E-state index is 12.6. The summed E-state index contributed by atoms with van der Waals surface area (Å²) in [7, 11) is 0. The number of carboxylic acids is 1. The molecule has 3 atom stereocenters. The van der Waals surface area contributed by atoms with Gasteiger partial charge in [-0.05, 0) is 41.5 Å². The van der Waals surface area contributed by atoms with Gasteiger partial charge in [0, 0.05) is 24.4 Å². The summed E-state index contributed by atoms with van der Waals surface area (Å²) in [6, 6.07) is 15.6. The van der Waals surface area contributed by atoms with Crippen LogP contribution in [-0.2, 0) is 14.3 Å². The van der Waals surface area contributed by atoms with E-state index in [1.165, 1.54) is 0 Å². The molecule has 7 heteroatoms. The zero-order valence-electron chi connectivity index (χ0n) is 19.5. The molecule has 2 aromatic rings. The first kappa shape index (κ1) is 23.8. The number of ether oxygens (including phenoxy) is 1. The molecule has 0 aromatic heterocycles. The number of benzene rings is 2. The molecule has 0 bridgehead atoms. The summed E-state index contributed by atoms with van der Waals surface area (Å²) in [6.45, 7) is 2.10. The maximum atomic E-state index is 12.6. The van der Waals surface area contributed by atoms with Crippen LogP contribution in [-0.4, -0.2) is 41.8 Å². The molecule has 1 fully saturated rings. The van der Waals surface area contributed by atoms with E-state index in [4.69, 9.17) is 4.74 Å². The number of carbonyl (C=O) groups excluding carboxylic acids is 2. The summed E-state index contributed by atoms with van der Waals surface area (Å²) in [5.74, 6) is -1.69. The molecule has 1 saturated carbocycles. The monoisotopic (exact) mass is 464 g/mol. The molecule has 0 spiro atoms. The van der Waals surface area contributed by atoms with Crippen molar-refractivity contribution in [3.8, 4) is 11.1 Å². The Hall–Kier alpha value is -3.35. The Balaban J connectivity index is 1.31. The number of amides is 2. The summed E-state index contributed by atoms with van der Waals surface area (Å²) in [5, 5.41) is 15.1. The van der Waals surface area contributed by atoms with E-state index >= 15 is 0 Å². The molecule has 0 saturated heterocycles. The Morgan fingerprint density at radius 1 is 1.00 bits per heavy atom. The highest BCUT2D eigenvalue weighted by molar-refractivity contribution is 5.80. The van der Waals surface area contributed by atoms with Crippen LogP contribution in [0.2, 0.25) is 0 Å². The molecule has 0 unspecified atom stereocenters. The number of carbonyl (C=O) groups is 3. The fourth-order valence-electron chi connectivity index (χ4n) is 5.19. The standard InChI is InChI=1S/C27H32N2O5/c1-2-17(15-25(30)29-24-14-8-7-13-22(24)26(31)32)28-27(33)34-16-23-20-11-5-3-9-18(20)19-10-4-6-12-21(19)23/h3-6,9-12,17,22-24H,2,7-8,13-16H2,1H3,(H,28,33)(H,29,30)(H,31,32)/t17-,22+,24-/m1/s1. The van der Waals surface area contributed by atoms with Gasteiger partial charge < -0.3 is 20.5 Å². The molecule has 34 heavy (non-hydrogen) atoms. The summed E-state index contributed by atoms with van der Waals surface area (Å²) < 4.78 is 5.59. The van der Waals surface area contributed by atoms with E-state index in [9.17, 15) is 19.5 Å². The molecule has 2 amide bonds. The highest BCUT2D eigenvalue weighted by Gasteiger charge is 2.32. The number of fused-ring (bicyclic) bond motifs is 3. The second-order valence-corrected chi connectivity index (χ2v) is 9.18. The highest BCUT2D eigenvalue weighted by Crippen LogP contribution is 2.44. The third-order valence-electron chi connectivity index (χ3n) is 7.02. The molecule has 180 valence electrons. The van der Waals surface area contributed by atoms with Gasteiger partial charge >= 0.3 is 12.1 Å². The molecular weight excluding hydrogens is 432 g/mol. The van der Waals surface area contributed by atoms with Crippen LogP contribution < -0.4 is 10.6 Å². The van der Waals surface area contributed by atoms with Gasteiger partial charge in [-0.3, -0.25) is 9.59 Å². The zero-order valence-corrected chi connectivity index (χ0v) is 19.5. The average Bonchev–Trinajstić information content (AvgIpc) is 3.16. The predicted molar refractivity (Wildman–Crippen MR) is 128 cm³/mol. The van der Waals surface area contributed by atoms with Crippen LogP contribution >= 0.6 is 0 Å². The van der Waals surface area contributed by atoms with E-state index in [0.29, 0.717) is 19.3 Å². The summed E-state index contributed by atoms with van der Waals surface area (Å²) >= 11 is 0. The van der Waals surface area contributed by atoms with Crippen LogP contribution in [0.25, 0.3) is 11.1 Å². The third-order valence-corrected chi connectivity index (χ3v) is 7.02. The molecule has 3 N–H and O–H groups in total. The number of aliphatic carboxylic acids is 1. The normalized spacial score (nSPS) is 20.0. The largest absolute Gasteiger partial charge is 0.481 e. The van der Waals surface area contributed by atoms with Crippen LogP contribution in [0, 0.1) is 5.92 Å². The number of carboxylic acid groups (broad SMARTS) is 1. The van der Waals surface area contributed by atoms with Crippen molar-refractivity contribution in [3.63, 3.8) is 0 Å². The first-order chi connectivity index (χ1) is 16.5. The molecule has 0 heterocycles. The average molecular weight is 465 g/mol. The van der Waals surface area contributed by atoms with E-state index in [1.54, 1.807) is 0 Å². The van der Waals surface area contributed by atoms with Crippen molar-refractivity contribution in [1.29, 1.82) is 0 Å². The minimum absolute atomic E-state index is 0.0271. The van der Waals surface area contributed by atoms with Crippen molar-refractivity contribution < 1.29 is 24.2 Å². The van der Waals surface area contributed by atoms with Crippen LogP contribution in [0.3, 0.4) is 0 Å². The molecule has 2 aliphatic carbocycles. The Kier molecular flexibility index (Phi) is 7.50. The van der Waals surface area contributed by atoms with Crippen molar-refractivity contribution in [2.75, 3.05) is 6.61 Å². The lowest BCUT2D eigenvalue weighted by molar-refractivity contribution is -0.144. The Bertz CT molecular complexity index is 1010.